The van der Waals surface area contributed by atoms with E-state index in [1.54, 1.807) is 0 Å². The molecule has 0 aliphatic rings. The molecule has 0 radical (unpaired) electrons. The predicted octanol–water partition coefficient (Wildman–Crippen LogP) is 3.44. The number of benzene rings is 2. The van der Waals surface area contributed by atoms with Gasteiger partial charge in [-0.2, -0.15) is 0 Å². The van der Waals surface area contributed by atoms with E-state index in [1.165, 1.54) is 11.1 Å². The average molecular weight is 185 g/mol. The van der Waals surface area contributed by atoms with E-state index in [4.69, 9.17) is 0 Å². The second kappa shape index (κ2) is 5.20. The average Bonchev–Trinajstić information content (AvgIpc) is 2.21. The maximum Gasteiger partial charge on any atom is -0.00258 e. The Labute approximate surface area is 85.0 Å². The monoisotopic (exact) mass is 185 g/mol. The molecule has 1 heteroatoms. The van der Waals surface area contributed by atoms with Crippen molar-refractivity contribution >= 4 is 0 Å². The Morgan fingerprint density at radius 1 is 0.571 bits per heavy atom. The first-order valence-electron chi connectivity index (χ1n) is 4.53. The summed E-state index contributed by atoms with van der Waals surface area (Å²) >= 11 is 0. The second-order valence-electron chi connectivity index (χ2n) is 3.15. The summed E-state index contributed by atoms with van der Waals surface area (Å²) in [5.41, 5.74) is 2.74. The van der Waals surface area contributed by atoms with Crippen LogP contribution in [0.5, 0.6) is 0 Å². The molecule has 0 heterocycles. The van der Waals surface area contributed by atoms with Gasteiger partial charge in [0.15, 0.2) is 0 Å². The van der Waals surface area contributed by atoms with Gasteiger partial charge >= 0.3 is 0 Å². The molecule has 0 aliphatic heterocycles. The zero-order valence-corrected chi connectivity index (χ0v) is 8.19. The Morgan fingerprint density at radius 2 is 0.929 bits per heavy atom. The molecular formula is C13H15N. The summed E-state index contributed by atoms with van der Waals surface area (Å²) in [6.07, 6.45) is 1.03. The van der Waals surface area contributed by atoms with Crippen LogP contribution in [0.2, 0.25) is 0 Å². The van der Waals surface area contributed by atoms with Crippen molar-refractivity contribution in [1.29, 1.82) is 0 Å². The van der Waals surface area contributed by atoms with E-state index in [9.17, 15) is 0 Å². The molecule has 0 aliphatic carbocycles. The zero-order chi connectivity index (χ0) is 8.93. The van der Waals surface area contributed by atoms with Crippen LogP contribution < -0.4 is 6.15 Å². The van der Waals surface area contributed by atoms with Crippen LogP contribution in [0.4, 0.5) is 0 Å². The van der Waals surface area contributed by atoms with Crippen LogP contribution in [0.1, 0.15) is 11.1 Å². The number of hydrogen-bond donors (Lipinski definition) is 1. The van der Waals surface area contributed by atoms with Crippen molar-refractivity contribution in [2.24, 2.45) is 0 Å². The molecule has 0 aromatic heterocycles. The van der Waals surface area contributed by atoms with Crippen LogP contribution in [0, 0.1) is 0 Å². The van der Waals surface area contributed by atoms with Crippen LogP contribution >= 0.6 is 0 Å². The highest BCUT2D eigenvalue weighted by Gasteiger charge is 1.92. The lowest BCUT2D eigenvalue weighted by atomic mass is 10.1. The van der Waals surface area contributed by atoms with Crippen LogP contribution in [0.25, 0.3) is 0 Å². The molecule has 0 atom stereocenters. The number of hydrogen-bond acceptors (Lipinski definition) is 1. The third-order valence-electron chi connectivity index (χ3n) is 2.09. The van der Waals surface area contributed by atoms with Gasteiger partial charge in [-0.25, -0.2) is 0 Å². The van der Waals surface area contributed by atoms with Gasteiger partial charge in [-0.1, -0.05) is 60.7 Å². The molecule has 1 nitrogen and oxygen atoms in total. The molecule has 2 aromatic carbocycles. The lowest BCUT2D eigenvalue weighted by Crippen LogP contribution is -1.85. The predicted molar refractivity (Wildman–Crippen MR) is 60.7 cm³/mol. The first-order valence-corrected chi connectivity index (χ1v) is 4.53. The highest BCUT2D eigenvalue weighted by molar-refractivity contribution is 5.25. The van der Waals surface area contributed by atoms with Crippen molar-refractivity contribution in [3.63, 3.8) is 0 Å². The maximum atomic E-state index is 2.16. The van der Waals surface area contributed by atoms with E-state index in [-0.39, 0.29) is 6.15 Å². The smallest absolute Gasteiger partial charge is 0.00258 e. The fraction of sp³-hybridized carbons (Fsp3) is 0.0769. The summed E-state index contributed by atoms with van der Waals surface area (Å²) in [4.78, 5) is 0. The first kappa shape index (κ1) is 10.5. The van der Waals surface area contributed by atoms with E-state index in [0.717, 1.165) is 6.42 Å². The van der Waals surface area contributed by atoms with Crippen LogP contribution in [0.15, 0.2) is 60.7 Å². The normalized spacial score (nSPS) is 9.14. The van der Waals surface area contributed by atoms with Crippen molar-refractivity contribution in [1.82, 2.24) is 6.15 Å². The Kier molecular flexibility index (Phi) is 3.89. The van der Waals surface area contributed by atoms with Gasteiger partial charge in [0.05, 0.1) is 0 Å². The minimum Gasteiger partial charge on any atom is -0.344 e. The molecule has 72 valence electrons. The van der Waals surface area contributed by atoms with Crippen LogP contribution in [-0.4, -0.2) is 0 Å². The van der Waals surface area contributed by atoms with Gasteiger partial charge in [0.2, 0.25) is 0 Å². The first-order chi connectivity index (χ1) is 6.45. The Morgan fingerprint density at radius 3 is 1.29 bits per heavy atom. The van der Waals surface area contributed by atoms with E-state index in [2.05, 4.69) is 60.7 Å². The standard InChI is InChI=1S/C13H12.H3N/c1-3-7-12(8-4-1)11-13-9-5-2-6-10-13;/h1-10H,11H2;1H3. The summed E-state index contributed by atoms with van der Waals surface area (Å²) in [7, 11) is 0. The van der Waals surface area contributed by atoms with Crippen molar-refractivity contribution in [3.8, 4) is 0 Å². The molecule has 0 unspecified atom stereocenters. The molecule has 0 saturated heterocycles. The lowest BCUT2D eigenvalue weighted by Gasteiger charge is -2.00. The molecule has 0 spiro atoms. The van der Waals surface area contributed by atoms with E-state index in [0.29, 0.717) is 0 Å². The molecule has 0 bridgehead atoms. The molecule has 3 N–H and O–H groups in total. The minimum atomic E-state index is 0. The molecule has 0 fully saturated rings. The second-order valence-corrected chi connectivity index (χ2v) is 3.15. The highest BCUT2D eigenvalue weighted by atomic mass is 14.0. The Bertz CT molecular complexity index is 316. The SMILES string of the molecule is N.c1ccc(Cc2ccccc2)cc1. The van der Waals surface area contributed by atoms with Gasteiger partial charge in [0.25, 0.3) is 0 Å². The summed E-state index contributed by atoms with van der Waals surface area (Å²) in [6.45, 7) is 0. The van der Waals surface area contributed by atoms with Gasteiger partial charge in [-0.05, 0) is 17.5 Å². The summed E-state index contributed by atoms with van der Waals surface area (Å²) in [5, 5.41) is 0. The van der Waals surface area contributed by atoms with Crippen molar-refractivity contribution in [2.45, 2.75) is 6.42 Å². The molecule has 2 aromatic rings. The van der Waals surface area contributed by atoms with Gasteiger partial charge in [0.1, 0.15) is 0 Å². The van der Waals surface area contributed by atoms with Crippen molar-refractivity contribution in [3.05, 3.63) is 71.8 Å². The highest BCUT2D eigenvalue weighted by Crippen LogP contribution is 2.07. The quantitative estimate of drug-likeness (QED) is 0.764. The molecule has 14 heavy (non-hydrogen) atoms. The molecule has 2 rings (SSSR count). The van der Waals surface area contributed by atoms with E-state index >= 15 is 0 Å². The van der Waals surface area contributed by atoms with Crippen molar-refractivity contribution < 1.29 is 0 Å². The fourth-order valence-electron chi connectivity index (χ4n) is 1.43. The summed E-state index contributed by atoms with van der Waals surface area (Å²) in [6, 6.07) is 21.1. The van der Waals surface area contributed by atoms with E-state index < -0.39 is 0 Å². The minimum absolute atomic E-state index is 0. The topological polar surface area (TPSA) is 35.0 Å². The third kappa shape index (κ3) is 2.71. The zero-order valence-electron chi connectivity index (χ0n) is 8.19. The number of rotatable bonds is 2. The van der Waals surface area contributed by atoms with Crippen molar-refractivity contribution in [2.75, 3.05) is 0 Å². The molecule has 0 saturated carbocycles. The van der Waals surface area contributed by atoms with Gasteiger partial charge in [-0.15, -0.1) is 0 Å². The maximum absolute atomic E-state index is 2.16. The van der Waals surface area contributed by atoms with Gasteiger partial charge in [0, 0.05) is 0 Å². The molecular weight excluding hydrogens is 170 g/mol. The van der Waals surface area contributed by atoms with Crippen LogP contribution in [0.3, 0.4) is 0 Å². The lowest BCUT2D eigenvalue weighted by molar-refractivity contribution is 1.19. The summed E-state index contributed by atoms with van der Waals surface area (Å²) < 4.78 is 0. The summed E-state index contributed by atoms with van der Waals surface area (Å²) in [5.74, 6) is 0. The largest absolute Gasteiger partial charge is 0.344 e. The van der Waals surface area contributed by atoms with E-state index in [1.807, 2.05) is 0 Å². The fourth-order valence-corrected chi connectivity index (χ4v) is 1.43. The third-order valence-corrected chi connectivity index (χ3v) is 2.09. The Hall–Kier alpha value is -1.60. The van der Waals surface area contributed by atoms with Gasteiger partial charge < -0.3 is 6.15 Å². The molecule has 0 amide bonds. The van der Waals surface area contributed by atoms with Gasteiger partial charge in [-0.3, -0.25) is 0 Å². The Balaban J connectivity index is 0.000000980. The van der Waals surface area contributed by atoms with Crippen LogP contribution in [-0.2, 0) is 6.42 Å².